The number of unbranched alkanes of at least 4 members (excludes halogenated alkanes) is 9. The zero-order chi connectivity index (χ0) is 20.1. The second-order valence-corrected chi connectivity index (χ2v) is 10.7. The van der Waals surface area contributed by atoms with Crippen LogP contribution in [0.4, 0.5) is 0 Å². The fourth-order valence-corrected chi connectivity index (χ4v) is 5.71. The number of ketones is 1. The first-order chi connectivity index (χ1) is 12.9. The van der Waals surface area contributed by atoms with Gasteiger partial charge in [-0.15, -0.1) is 0 Å². The van der Waals surface area contributed by atoms with Gasteiger partial charge in [-0.2, -0.15) is 11.8 Å². The van der Waals surface area contributed by atoms with Crippen LogP contribution < -0.4 is 0 Å². The highest BCUT2D eigenvalue weighted by Crippen LogP contribution is 2.44. The minimum absolute atomic E-state index is 0.189. The first kappa shape index (κ1) is 24.8. The molecule has 158 valence electrons. The summed E-state index contributed by atoms with van der Waals surface area (Å²) < 4.78 is 0. The van der Waals surface area contributed by atoms with Crippen LogP contribution in [0, 0.1) is 11.3 Å². The van der Waals surface area contributed by atoms with Gasteiger partial charge in [0.2, 0.25) is 0 Å². The molecule has 0 radical (unpaired) electrons. The molecule has 0 aromatic rings. The largest absolute Gasteiger partial charge is 0.299 e. The molecule has 0 amide bonds. The Balaban J connectivity index is 2.20. The van der Waals surface area contributed by atoms with E-state index in [9.17, 15) is 4.79 Å². The molecule has 1 aliphatic carbocycles. The molecule has 2 unspecified atom stereocenters. The van der Waals surface area contributed by atoms with Gasteiger partial charge in [0.1, 0.15) is 5.78 Å². The molecule has 0 aliphatic heterocycles. The van der Waals surface area contributed by atoms with E-state index in [2.05, 4.69) is 33.8 Å². The van der Waals surface area contributed by atoms with Gasteiger partial charge in [-0.25, -0.2) is 0 Å². The summed E-state index contributed by atoms with van der Waals surface area (Å²) in [5.41, 5.74) is 1.85. The number of hydrogen-bond donors (Lipinski definition) is 0. The van der Waals surface area contributed by atoms with Gasteiger partial charge in [-0.05, 0) is 56.6 Å². The number of Topliss-reactive ketones (excluding diaryl/α,β-unsaturated/α-hetero) is 1. The van der Waals surface area contributed by atoms with Crippen LogP contribution in [0.2, 0.25) is 0 Å². The van der Waals surface area contributed by atoms with Crippen LogP contribution in [0.15, 0.2) is 11.6 Å². The number of carbonyl (C=O) groups excluding carboxylic acids is 1. The molecule has 1 aliphatic rings. The third-order valence-corrected chi connectivity index (χ3v) is 7.92. The number of carbonyl (C=O) groups is 1. The summed E-state index contributed by atoms with van der Waals surface area (Å²) in [6.07, 6.45) is 19.7. The Bertz CT molecular complexity index is 438. The molecule has 0 N–H and O–H groups in total. The van der Waals surface area contributed by atoms with Crippen molar-refractivity contribution in [3.05, 3.63) is 11.6 Å². The second kappa shape index (κ2) is 13.9. The molecule has 0 bridgehead atoms. The molecule has 27 heavy (non-hydrogen) atoms. The van der Waals surface area contributed by atoms with Gasteiger partial charge in [0.05, 0.1) is 5.25 Å². The molecule has 0 saturated heterocycles. The molecule has 0 saturated carbocycles. The number of allylic oxidation sites excluding steroid dienone is 2. The number of thioether (sulfide) groups is 1. The van der Waals surface area contributed by atoms with Gasteiger partial charge in [0.15, 0.2) is 0 Å². The van der Waals surface area contributed by atoms with Crippen molar-refractivity contribution in [1.82, 2.24) is 0 Å². The summed E-state index contributed by atoms with van der Waals surface area (Å²) in [4.78, 5) is 12.2. The maximum Gasteiger partial charge on any atom is 0.142 e. The second-order valence-electron chi connectivity index (χ2n) is 9.42. The summed E-state index contributed by atoms with van der Waals surface area (Å²) >= 11 is 1.93. The highest BCUT2D eigenvalue weighted by Gasteiger charge is 2.35. The quantitative estimate of drug-likeness (QED) is 0.205. The maximum absolute atomic E-state index is 12.2. The van der Waals surface area contributed by atoms with Crippen LogP contribution in [-0.2, 0) is 4.79 Å². The molecule has 0 aromatic heterocycles. The fourth-order valence-electron chi connectivity index (χ4n) is 4.49. The molecule has 2 heteroatoms. The lowest BCUT2D eigenvalue weighted by Crippen LogP contribution is -2.32. The summed E-state index contributed by atoms with van der Waals surface area (Å²) in [7, 11) is 0. The van der Waals surface area contributed by atoms with Crippen LogP contribution in [0.3, 0.4) is 0 Å². The van der Waals surface area contributed by atoms with Gasteiger partial charge < -0.3 is 0 Å². The minimum Gasteiger partial charge on any atom is -0.299 e. The van der Waals surface area contributed by atoms with Gasteiger partial charge in [0, 0.05) is 0 Å². The lowest BCUT2D eigenvalue weighted by atomic mass is 9.67. The highest BCUT2D eigenvalue weighted by atomic mass is 32.2. The third kappa shape index (κ3) is 10.2. The van der Waals surface area contributed by atoms with Crippen LogP contribution >= 0.6 is 11.8 Å². The fraction of sp³-hybridized carbons (Fsp3) is 0.880. The van der Waals surface area contributed by atoms with Crippen molar-refractivity contribution < 1.29 is 4.79 Å². The van der Waals surface area contributed by atoms with Crippen LogP contribution in [0.25, 0.3) is 0 Å². The monoisotopic (exact) mass is 394 g/mol. The Hall–Kier alpha value is -0.240. The van der Waals surface area contributed by atoms with Gasteiger partial charge >= 0.3 is 0 Å². The molecule has 0 fully saturated rings. The molecule has 0 heterocycles. The average Bonchev–Trinajstić information content (AvgIpc) is 2.60. The number of rotatable bonds is 15. The molecule has 1 nitrogen and oxygen atoms in total. The van der Waals surface area contributed by atoms with E-state index in [0.29, 0.717) is 17.1 Å². The summed E-state index contributed by atoms with van der Waals surface area (Å²) in [6, 6.07) is 0. The van der Waals surface area contributed by atoms with E-state index in [-0.39, 0.29) is 5.25 Å². The number of hydrogen-bond acceptors (Lipinski definition) is 2. The summed E-state index contributed by atoms with van der Waals surface area (Å²) in [6.45, 7) is 11.1. The molecule has 1 rings (SSSR count). The van der Waals surface area contributed by atoms with E-state index in [1.807, 2.05) is 11.8 Å². The molecule has 0 spiro atoms. The van der Waals surface area contributed by atoms with E-state index < -0.39 is 0 Å². The predicted molar refractivity (Wildman–Crippen MR) is 124 cm³/mol. The smallest absolute Gasteiger partial charge is 0.142 e. The normalized spacial score (nSPS) is 20.3. The Kier molecular flexibility index (Phi) is 12.7. The lowest BCUT2D eigenvalue weighted by Gasteiger charge is -2.40. The zero-order valence-electron chi connectivity index (χ0n) is 18.9. The van der Waals surface area contributed by atoms with Crippen molar-refractivity contribution in [1.29, 1.82) is 0 Å². The van der Waals surface area contributed by atoms with Crippen LogP contribution in [0.1, 0.15) is 118 Å². The first-order valence-corrected chi connectivity index (χ1v) is 12.7. The van der Waals surface area contributed by atoms with Gasteiger partial charge in [-0.3, -0.25) is 4.79 Å². The lowest BCUT2D eigenvalue weighted by molar-refractivity contribution is -0.116. The molecular weight excluding hydrogens is 348 g/mol. The standard InChI is InChI=1S/C25H46OS/c1-6-7-8-9-10-11-12-13-14-15-19-27-24(22(3)26)20-23-21(2)17-16-18-25(23,4)5/h17,23-24H,6-16,18-20H2,1-5H3. The van der Waals surface area contributed by atoms with Crippen LogP contribution in [0.5, 0.6) is 0 Å². The molecular formula is C25H46OS. The maximum atomic E-state index is 12.2. The Morgan fingerprint density at radius 1 is 1.07 bits per heavy atom. The Labute approximate surface area is 174 Å². The first-order valence-electron chi connectivity index (χ1n) is 11.7. The molecule has 0 aromatic carbocycles. The van der Waals surface area contributed by atoms with Crippen molar-refractivity contribution in [2.24, 2.45) is 11.3 Å². The van der Waals surface area contributed by atoms with E-state index in [4.69, 9.17) is 0 Å². The third-order valence-electron chi connectivity index (χ3n) is 6.47. The topological polar surface area (TPSA) is 17.1 Å². The van der Waals surface area contributed by atoms with Gasteiger partial charge in [0.25, 0.3) is 0 Å². The Morgan fingerprint density at radius 2 is 1.63 bits per heavy atom. The van der Waals surface area contributed by atoms with Crippen molar-refractivity contribution in [3.8, 4) is 0 Å². The van der Waals surface area contributed by atoms with Crippen LogP contribution in [-0.4, -0.2) is 16.8 Å². The zero-order valence-corrected chi connectivity index (χ0v) is 19.8. The predicted octanol–water partition coefficient (Wildman–Crippen LogP) is 8.37. The van der Waals surface area contributed by atoms with Crippen molar-refractivity contribution in [2.45, 2.75) is 123 Å². The Morgan fingerprint density at radius 3 is 2.15 bits per heavy atom. The van der Waals surface area contributed by atoms with Crippen molar-refractivity contribution in [3.63, 3.8) is 0 Å². The highest BCUT2D eigenvalue weighted by molar-refractivity contribution is 8.00. The SMILES string of the molecule is CCCCCCCCCCCCSC(CC1C(C)=CCCC1(C)C)C(C)=O. The minimum atomic E-state index is 0.189. The average molecular weight is 395 g/mol. The molecule has 2 atom stereocenters. The van der Waals surface area contributed by atoms with Crippen molar-refractivity contribution in [2.75, 3.05) is 5.75 Å². The van der Waals surface area contributed by atoms with E-state index >= 15 is 0 Å². The van der Waals surface area contributed by atoms with Gasteiger partial charge in [-0.1, -0.05) is 90.2 Å². The van der Waals surface area contributed by atoms with E-state index in [0.717, 1.165) is 12.2 Å². The van der Waals surface area contributed by atoms with E-state index in [1.54, 1.807) is 6.92 Å². The van der Waals surface area contributed by atoms with E-state index in [1.165, 1.54) is 82.6 Å². The summed E-state index contributed by atoms with van der Waals surface area (Å²) in [5, 5.41) is 0.189. The van der Waals surface area contributed by atoms with Crippen molar-refractivity contribution >= 4 is 17.5 Å². The summed E-state index contributed by atoms with van der Waals surface area (Å²) in [5.74, 6) is 2.10.